The predicted molar refractivity (Wildman–Crippen MR) is 266 cm³/mol. The van der Waals surface area contributed by atoms with Crippen LogP contribution in [0.15, 0.2) is 176 Å². The molecule has 3 heterocycles. The van der Waals surface area contributed by atoms with Crippen LogP contribution in [0, 0.1) is 29.3 Å². The molecule has 0 fully saturated rings. The van der Waals surface area contributed by atoms with Gasteiger partial charge in [-0.2, -0.15) is 18.2 Å². The topological polar surface area (TPSA) is 35.9 Å². The summed E-state index contributed by atoms with van der Waals surface area (Å²) < 4.78 is 99.3. The minimum absolute atomic E-state index is 0. The quantitative estimate of drug-likeness (QED) is 0.101. The molecule has 0 aliphatic heterocycles. The molecule has 0 bridgehead atoms. The van der Waals surface area contributed by atoms with Crippen molar-refractivity contribution >= 4 is 32.8 Å². The molecule has 0 saturated carbocycles. The van der Waals surface area contributed by atoms with Crippen molar-refractivity contribution in [2.24, 2.45) is 10.8 Å². The van der Waals surface area contributed by atoms with Crippen LogP contribution in [0.5, 0.6) is 11.5 Å². The fourth-order valence-electron chi connectivity index (χ4n) is 9.80. The minimum Gasteiger partial charge on any atom is -0.510 e. The van der Waals surface area contributed by atoms with Crippen molar-refractivity contribution in [3.05, 3.63) is 200 Å². The molecule has 0 aliphatic rings. The maximum atomic E-state index is 9.04. The van der Waals surface area contributed by atoms with E-state index in [2.05, 4.69) is 95.8 Å². The SMILES string of the molecule is [2H]c1c([2H])c([2H])c(-c2cccc(-c3c([2H])c([2H])c([2H])c([2H])c3[2H])c2-[n+]2[c-]n(-c3[c-]c(Oc4[c-]c5c(cc4)c4ccccc4n5-c4cc(C(C)(CC(C)(C)C)CC(C)(C)C)ccn4)ccc3)c3ccccc32)c([2H])c1[2H].[Pt]. The summed E-state index contributed by atoms with van der Waals surface area (Å²) in [6.07, 6.45) is 7.31. The predicted octanol–water partition coefficient (Wildman–Crippen LogP) is 15.1. The summed E-state index contributed by atoms with van der Waals surface area (Å²) in [6, 6.07) is 35.8. The summed E-state index contributed by atoms with van der Waals surface area (Å²) in [4.78, 5) is 4.98. The molecular weight excluding hydrogens is 988 g/mol. The number of ether oxygens (including phenoxy) is 1. The third-order valence-electron chi connectivity index (χ3n) is 11.6. The molecule has 7 aromatic carbocycles. The van der Waals surface area contributed by atoms with Gasteiger partial charge in [0.1, 0.15) is 5.82 Å². The number of aromatic nitrogens is 4. The van der Waals surface area contributed by atoms with E-state index >= 15 is 0 Å². The molecule has 0 atom stereocenters. The molecule has 0 unspecified atom stereocenters. The van der Waals surface area contributed by atoms with Gasteiger partial charge >= 0.3 is 0 Å². The van der Waals surface area contributed by atoms with E-state index in [4.69, 9.17) is 23.4 Å². The molecule has 332 valence electrons. The van der Waals surface area contributed by atoms with E-state index in [-0.39, 0.29) is 65.3 Å². The van der Waals surface area contributed by atoms with Crippen molar-refractivity contribution < 1.29 is 44.1 Å². The first-order chi connectivity index (χ1) is 35.5. The number of imidazole rings is 1. The van der Waals surface area contributed by atoms with Gasteiger partial charge in [0.15, 0.2) is 0 Å². The standard InChI is InChI=1S/C60H54N4O.Pt/c1-58(2,3)39-60(7,40-59(4,5)6)44-34-35-61-56(36-44)64-52-29-15-14-26-50(52)51-33-32-47(38-55(51)64)65-46-25-18-24-45(37-46)62-41-63(54-31-17-16-30-53(54)62)57-48(42-20-10-8-11-21-42)27-19-28-49(57)43-22-12-9-13-23-43;/h8-36H,39-40H2,1-7H3;/q-2;/i8D,9D,10D,11D,12D,13D,20D,21D,22D,23D;. The van der Waals surface area contributed by atoms with Crippen LogP contribution in [0.25, 0.3) is 72.3 Å². The van der Waals surface area contributed by atoms with Crippen LogP contribution in [0.1, 0.15) is 80.6 Å². The summed E-state index contributed by atoms with van der Waals surface area (Å²) in [6.45, 7) is 16.1. The zero-order chi connectivity index (χ0) is 53.6. The minimum atomic E-state index is -0.571. The fraction of sp³-hybridized carbons (Fsp3) is 0.200. The molecule has 0 N–H and O–H groups in total. The first-order valence-electron chi connectivity index (χ1n) is 26.8. The van der Waals surface area contributed by atoms with Crippen LogP contribution in [0.4, 0.5) is 0 Å². The zero-order valence-corrected chi connectivity index (χ0v) is 40.2. The maximum Gasteiger partial charge on any atom is 0.268 e. The molecule has 6 heteroatoms. The number of fused-ring (bicyclic) bond motifs is 4. The Morgan fingerprint density at radius 2 is 1.23 bits per heavy atom. The van der Waals surface area contributed by atoms with Crippen LogP contribution < -0.4 is 9.30 Å². The van der Waals surface area contributed by atoms with Crippen molar-refractivity contribution in [2.75, 3.05) is 0 Å². The second kappa shape index (κ2) is 17.7. The van der Waals surface area contributed by atoms with E-state index in [0.29, 0.717) is 28.2 Å². The first-order valence-corrected chi connectivity index (χ1v) is 21.8. The van der Waals surface area contributed by atoms with Crippen LogP contribution in [-0.4, -0.2) is 14.1 Å². The number of hydrogen-bond acceptors (Lipinski definition) is 2. The van der Waals surface area contributed by atoms with Gasteiger partial charge < -0.3 is 13.9 Å². The number of nitrogens with zero attached hydrogens (tertiary/aromatic N) is 4. The summed E-state index contributed by atoms with van der Waals surface area (Å²) in [7, 11) is 0. The van der Waals surface area contributed by atoms with Gasteiger partial charge in [0.25, 0.3) is 6.33 Å². The second-order valence-electron chi connectivity index (χ2n) is 19.3. The molecule has 0 aliphatic carbocycles. The Balaban J connectivity index is 0.00000706. The molecule has 0 amide bonds. The molecule has 66 heavy (non-hydrogen) atoms. The number of rotatable bonds is 10. The van der Waals surface area contributed by atoms with Gasteiger partial charge in [0, 0.05) is 44.3 Å². The molecule has 0 spiro atoms. The van der Waals surface area contributed by atoms with Gasteiger partial charge in [-0.05, 0) is 86.2 Å². The number of pyridine rings is 1. The Morgan fingerprint density at radius 3 is 1.89 bits per heavy atom. The Hall–Kier alpha value is -6.55. The van der Waals surface area contributed by atoms with Crippen molar-refractivity contribution in [3.8, 4) is 50.9 Å². The molecule has 5 nitrogen and oxygen atoms in total. The van der Waals surface area contributed by atoms with E-state index in [1.807, 2.05) is 66.9 Å². The third kappa shape index (κ3) is 8.77. The Bertz CT molecular complexity index is 3790. The van der Waals surface area contributed by atoms with Crippen molar-refractivity contribution in [3.63, 3.8) is 0 Å². The van der Waals surface area contributed by atoms with Crippen LogP contribution in [0.3, 0.4) is 0 Å². The maximum absolute atomic E-state index is 9.04. The third-order valence-corrected chi connectivity index (χ3v) is 11.6. The van der Waals surface area contributed by atoms with Crippen molar-refractivity contribution in [1.29, 1.82) is 0 Å². The normalized spacial score (nSPS) is 14.3. The number of benzene rings is 7. The van der Waals surface area contributed by atoms with Gasteiger partial charge in [0.05, 0.1) is 30.4 Å². The summed E-state index contributed by atoms with van der Waals surface area (Å²) >= 11 is 0. The monoisotopic (exact) mass is 1050 g/mol. The summed E-state index contributed by atoms with van der Waals surface area (Å²) in [5, 5.41) is 2.04. The molecule has 3 aromatic heterocycles. The summed E-state index contributed by atoms with van der Waals surface area (Å²) in [5.74, 6) is 1.58. The summed E-state index contributed by atoms with van der Waals surface area (Å²) in [5.41, 5.74) is 4.87. The molecular formula is C60H54N4OPt-2. The zero-order valence-electron chi connectivity index (χ0n) is 47.9. The average molecular weight is 1050 g/mol. The average Bonchev–Trinajstić information content (AvgIpc) is 3.93. The Kier molecular flexibility index (Phi) is 9.07. The Morgan fingerprint density at radius 1 is 0.621 bits per heavy atom. The van der Waals surface area contributed by atoms with Gasteiger partial charge in [-0.3, -0.25) is 4.57 Å². The first kappa shape index (κ1) is 33.9. The Labute approximate surface area is 417 Å². The smallest absolute Gasteiger partial charge is 0.268 e. The van der Waals surface area contributed by atoms with Crippen LogP contribution in [-0.2, 0) is 26.5 Å². The van der Waals surface area contributed by atoms with Gasteiger partial charge in [-0.25, -0.2) is 4.98 Å². The van der Waals surface area contributed by atoms with Gasteiger partial charge in [0.2, 0.25) is 0 Å². The van der Waals surface area contributed by atoms with E-state index in [0.717, 1.165) is 40.5 Å². The van der Waals surface area contributed by atoms with E-state index in [9.17, 15) is 0 Å². The molecule has 10 rings (SSSR count). The van der Waals surface area contributed by atoms with Gasteiger partial charge in [-0.1, -0.05) is 175 Å². The van der Waals surface area contributed by atoms with E-state index in [1.165, 1.54) is 5.56 Å². The van der Waals surface area contributed by atoms with Crippen molar-refractivity contribution in [2.45, 2.75) is 66.7 Å². The molecule has 0 saturated heterocycles. The second-order valence-corrected chi connectivity index (χ2v) is 19.3. The van der Waals surface area contributed by atoms with E-state index in [1.54, 1.807) is 33.4 Å². The van der Waals surface area contributed by atoms with Crippen LogP contribution >= 0.6 is 0 Å². The van der Waals surface area contributed by atoms with E-state index < -0.39 is 60.4 Å². The number of hydrogen-bond donors (Lipinski definition) is 0. The molecule has 0 radical (unpaired) electrons. The van der Waals surface area contributed by atoms with Crippen molar-refractivity contribution in [1.82, 2.24) is 14.1 Å². The fourth-order valence-corrected chi connectivity index (χ4v) is 9.80. The number of para-hydroxylation sites is 4. The molecule has 10 aromatic rings. The largest absolute Gasteiger partial charge is 0.510 e. The van der Waals surface area contributed by atoms with Gasteiger partial charge in [-0.15, -0.1) is 29.7 Å². The van der Waals surface area contributed by atoms with Crippen LogP contribution in [0.2, 0.25) is 0 Å².